The molecule has 20 heavy (non-hydrogen) atoms. The molecule has 0 atom stereocenters. The molecule has 2 aromatic carbocycles. The SMILES string of the molecule is Brc1ccc(-c2nocc2CSc2ccccc2)cc1. The van der Waals surface area contributed by atoms with Gasteiger partial charge in [-0.2, -0.15) is 0 Å². The third-order valence-corrected chi connectivity index (χ3v) is 4.49. The van der Waals surface area contributed by atoms with Crippen molar-refractivity contribution in [1.82, 2.24) is 5.16 Å². The van der Waals surface area contributed by atoms with E-state index >= 15 is 0 Å². The lowest BCUT2D eigenvalue weighted by molar-refractivity contribution is 0.421. The molecule has 0 N–H and O–H groups in total. The molecular formula is C16H12BrNOS. The van der Waals surface area contributed by atoms with E-state index in [1.165, 1.54) is 4.90 Å². The summed E-state index contributed by atoms with van der Waals surface area (Å²) in [5, 5.41) is 4.12. The van der Waals surface area contributed by atoms with Gasteiger partial charge < -0.3 is 4.52 Å². The van der Waals surface area contributed by atoms with E-state index in [1.54, 1.807) is 18.0 Å². The second-order valence-electron chi connectivity index (χ2n) is 4.30. The highest BCUT2D eigenvalue weighted by Crippen LogP contribution is 2.29. The summed E-state index contributed by atoms with van der Waals surface area (Å²) in [6, 6.07) is 18.4. The van der Waals surface area contributed by atoms with Gasteiger partial charge in [-0.25, -0.2) is 0 Å². The molecule has 0 bridgehead atoms. The smallest absolute Gasteiger partial charge is 0.128 e. The van der Waals surface area contributed by atoms with Crippen molar-refractivity contribution in [2.24, 2.45) is 0 Å². The minimum Gasteiger partial charge on any atom is -0.364 e. The zero-order chi connectivity index (χ0) is 13.8. The zero-order valence-corrected chi connectivity index (χ0v) is 13.0. The Kier molecular flexibility index (Phi) is 4.23. The first-order chi connectivity index (χ1) is 9.83. The van der Waals surface area contributed by atoms with Gasteiger partial charge in [-0.15, -0.1) is 11.8 Å². The lowest BCUT2D eigenvalue weighted by atomic mass is 10.1. The Morgan fingerprint density at radius 2 is 1.75 bits per heavy atom. The van der Waals surface area contributed by atoms with Crippen molar-refractivity contribution in [2.45, 2.75) is 10.6 Å². The van der Waals surface area contributed by atoms with Gasteiger partial charge in [-0.05, 0) is 24.3 Å². The number of benzene rings is 2. The van der Waals surface area contributed by atoms with Crippen LogP contribution >= 0.6 is 27.7 Å². The van der Waals surface area contributed by atoms with Crippen LogP contribution in [0.4, 0.5) is 0 Å². The summed E-state index contributed by atoms with van der Waals surface area (Å²) in [4.78, 5) is 1.25. The average molecular weight is 346 g/mol. The second kappa shape index (κ2) is 6.29. The first-order valence-corrected chi connectivity index (χ1v) is 7.98. The summed E-state index contributed by atoms with van der Waals surface area (Å²) in [7, 11) is 0. The molecule has 0 radical (unpaired) electrons. The number of nitrogens with zero attached hydrogens (tertiary/aromatic N) is 1. The molecule has 1 aromatic heterocycles. The Balaban J connectivity index is 1.78. The van der Waals surface area contributed by atoms with Gasteiger partial charge in [-0.3, -0.25) is 0 Å². The van der Waals surface area contributed by atoms with Crippen molar-refractivity contribution in [1.29, 1.82) is 0 Å². The largest absolute Gasteiger partial charge is 0.364 e. The van der Waals surface area contributed by atoms with Gasteiger partial charge in [0.1, 0.15) is 12.0 Å². The maximum Gasteiger partial charge on any atom is 0.128 e. The fraction of sp³-hybridized carbons (Fsp3) is 0.0625. The minimum atomic E-state index is 0.846. The predicted molar refractivity (Wildman–Crippen MR) is 85.6 cm³/mol. The topological polar surface area (TPSA) is 26.0 Å². The summed E-state index contributed by atoms with van der Waals surface area (Å²) >= 11 is 5.22. The fourth-order valence-electron chi connectivity index (χ4n) is 1.88. The van der Waals surface area contributed by atoms with Crippen molar-refractivity contribution in [3.05, 3.63) is 70.9 Å². The summed E-state index contributed by atoms with van der Waals surface area (Å²) in [5.74, 6) is 0.846. The molecular weight excluding hydrogens is 334 g/mol. The predicted octanol–water partition coefficient (Wildman–Crippen LogP) is 5.40. The molecule has 100 valence electrons. The molecule has 0 spiro atoms. The summed E-state index contributed by atoms with van der Waals surface area (Å²) in [6.07, 6.45) is 1.73. The van der Waals surface area contributed by atoms with Crippen molar-refractivity contribution in [2.75, 3.05) is 0 Å². The average Bonchev–Trinajstić information content (AvgIpc) is 2.95. The highest BCUT2D eigenvalue weighted by atomic mass is 79.9. The Hall–Kier alpha value is -1.52. The maximum atomic E-state index is 5.14. The van der Waals surface area contributed by atoms with Gasteiger partial charge in [0.2, 0.25) is 0 Å². The summed E-state index contributed by atoms with van der Waals surface area (Å²) < 4.78 is 6.20. The third-order valence-electron chi connectivity index (χ3n) is 2.90. The molecule has 0 fully saturated rings. The van der Waals surface area contributed by atoms with Crippen molar-refractivity contribution in [3.63, 3.8) is 0 Å². The number of aromatic nitrogens is 1. The van der Waals surface area contributed by atoms with Crippen molar-refractivity contribution in [3.8, 4) is 11.3 Å². The normalized spacial score (nSPS) is 10.7. The molecule has 0 aliphatic rings. The molecule has 2 nitrogen and oxygen atoms in total. The van der Waals surface area contributed by atoms with E-state index in [0.717, 1.165) is 27.0 Å². The van der Waals surface area contributed by atoms with Gasteiger partial charge in [0.25, 0.3) is 0 Å². The number of rotatable bonds is 4. The summed E-state index contributed by atoms with van der Waals surface area (Å²) in [5.41, 5.74) is 3.10. The Morgan fingerprint density at radius 1 is 1.00 bits per heavy atom. The lowest BCUT2D eigenvalue weighted by Crippen LogP contribution is -1.84. The van der Waals surface area contributed by atoms with Crippen LogP contribution in [0.1, 0.15) is 5.56 Å². The maximum absolute atomic E-state index is 5.14. The monoisotopic (exact) mass is 345 g/mol. The van der Waals surface area contributed by atoms with Crippen LogP contribution in [0.2, 0.25) is 0 Å². The van der Waals surface area contributed by atoms with E-state index in [-0.39, 0.29) is 0 Å². The van der Waals surface area contributed by atoms with Gasteiger partial charge in [0.15, 0.2) is 0 Å². The number of hydrogen-bond donors (Lipinski definition) is 0. The Morgan fingerprint density at radius 3 is 2.50 bits per heavy atom. The van der Waals surface area contributed by atoms with Crippen LogP contribution in [0.5, 0.6) is 0 Å². The molecule has 1 heterocycles. The van der Waals surface area contributed by atoms with E-state index < -0.39 is 0 Å². The van der Waals surface area contributed by atoms with Crippen molar-refractivity contribution < 1.29 is 4.52 Å². The molecule has 0 saturated carbocycles. The molecule has 3 rings (SSSR count). The van der Waals surface area contributed by atoms with Crippen LogP contribution in [-0.2, 0) is 5.75 Å². The molecule has 0 aliphatic carbocycles. The van der Waals surface area contributed by atoms with Crippen LogP contribution in [0, 0.1) is 0 Å². The van der Waals surface area contributed by atoms with Crippen molar-refractivity contribution >= 4 is 27.7 Å². The molecule has 3 aromatic rings. The Bertz CT molecular complexity index is 679. The first-order valence-electron chi connectivity index (χ1n) is 6.20. The molecule has 4 heteroatoms. The minimum absolute atomic E-state index is 0.846. The van der Waals surface area contributed by atoms with E-state index in [2.05, 4.69) is 33.2 Å². The lowest BCUT2D eigenvalue weighted by Gasteiger charge is -2.02. The first kappa shape index (κ1) is 13.5. The zero-order valence-electron chi connectivity index (χ0n) is 10.6. The van der Waals surface area contributed by atoms with Crippen LogP contribution in [0.3, 0.4) is 0 Å². The summed E-state index contributed by atoms with van der Waals surface area (Å²) in [6.45, 7) is 0. The molecule has 0 saturated heterocycles. The second-order valence-corrected chi connectivity index (χ2v) is 6.26. The van der Waals surface area contributed by atoms with Gasteiger partial charge >= 0.3 is 0 Å². The highest BCUT2D eigenvalue weighted by Gasteiger charge is 2.10. The van der Waals surface area contributed by atoms with Crippen LogP contribution in [0.25, 0.3) is 11.3 Å². The number of thioether (sulfide) groups is 1. The van der Waals surface area contributed by atoms with E-state index in [4.69, 9.17) is 4.52 Å². The molecule has 0 unspecified atom stereocenters. The van der Waals surface area contributed by atoms with E-state index in [0.29, 0.717) is 0 Å². The van der Waals surface area contributed by atoms with Gasteiger partial charge in [0.05, 0.1) is 0 Å². The van der Waals surface area contributed by atoms with E-state index in [9.17, 15) is 0 Å². The van der Waals surface area contributed by atoms with Crippen LogP contribution in [-0.4, -0.2) is 5.16 Å². The van der Waals surface area contributed by atoms with Crippen LogP contribution < -0.4 is 0 Å². The van der Waals surface area contributed by atoms with Crippen LogP contribution in [0.15, 0.2) is 74.8 Å². The standard InChI is InChI=1S/C16H12BrNOS/c17-14-8-6-12(7-9-14)16-13(10-19-18-16)11-20-15-4-2-1-3-5-15/h1-10H,11H2. The quantitative estimate of drug-likeness (QED) is 0.592. The fourth-order valence-corrected chi connectivity index (χ4v) is 3.02. The van der Waals surface area contributed by atoms with Gasteiger partial charge in [-0.1, -0.05) is 51.4 Å². The molecule has 0 aliphatic heterocycles. The highest BCUT2D eigenvalue weighted by molar-refractivity contribution is 9.10. The molecule has 0 amide bonds. The van der Waals surface area contributed by atoms with Gasteiger partial charge in [0, 0.05) is 26.2 Å². The Labute approximate surface area is 130 Å². The number of hydrogen-bond acceptors (Lipinski definition) is 3. The third kappa shape index (κ3) is 3.14. The number of halogens is 1. The van der Waals surface area contributed by atoms with E-state index in [1.807, 2.05) is 42.5 Å².